The van der Waals surface area contributed by atoms with Crippen molar-refractivity contribution < 1.29 is 28.2 Å². The van der Waals surface area contributed by atoms with Gasteiger partial charge in [-0.3, -0.25) is 9.59 Å². The minimum atomic E-state index is -2.92. The summed E-state index contributed by atoms with van der Waals surface area (Å²) in [5.74, 6) is -2.24. The summed E-state index contributed by atoms with van der Waals surface area (Å²) in [7, 11) is 0. The predicted octanol–water partition coefficient (Wildman–Crippen LogP) is 1.74. The summed E-state index contributed by atoms with van der Waals surface area (Å²) in [6, 6.07) is 5.11. The number of halogens is 2. The molecular weight excluding hydrogens is 260 g/mol. The quantitative estimate of drug-likeness (QED) is 0.827. The molecule has 0 spiro atoms. The smallest absolute Gasteiger partial charge is 0.387 e. The van der Waals surface area contributed by atoms with Gasteiger partial charge in [-0.25, -0.2) is 0 Å². The fraction of sp³-hybridized carbons (Fsp3) is 0.333. The second-order valence-corrected chi connectivity index (χ2v) is 3.85. The normalized spacial score (nSPS) is 12.0. The predicted molar refractivity (Wildman–Crippen MR) is 62.2 cm³/mol. The van der Waals surface area contributed by atoms with E-state index in [-0.39, 0.29) is 17.9 Å². The van der Waals surface area contributed by atoms with Gasteiger partial charge < -0.3 is 15.2 Å². The molecule has 7 heteroatoms. The van der Waals surface area contributed by atoms with Crippen molar-refractivity contribution in [2.45, 2.75) is 13.5 Å². The molecule has 1 unspecified atom stereocenters. The SMILES string of the molecule is CC(CNC(=O)c1ccc(OC(F)F)cc1)C(=O)O. The van der Waals surface area contributed by atoms with Gasteiger partial charge in [0.05, 0.1) is 5.92 Å². The lowest BCUT2D eigenvalue weighted by Gasteiger charge is -2.09. The van der Waals surface area contributed by atoms with Crippen molar-refractivity contribution in [2.24, 2.45) is 5.92 Å². The topological polar surface area (TPSA) is 75.6 Å². The van der Waals surface area contributed by atoms with Gasteiger partial charge in [0.15, 0.2) is 0 Å². The van der Waals surface area contributed by atoms with Gasteiger partial charge in [-0.2, -0.15) is 8.78 Å². The number of aliphatic carboxylic acids is 1. The molecular formula is C12H13F2NO4. The zero-order chi connectivity index (χ0) is 14.4. The molecule has 104 valence electrons. The van der Waals surface area contributed by atoms with Crippen LogP contribution in [0.2, 0.25) is 0 Å². The zero-order valence-corrected chi connectivity index (χ0v) is 10.1. The Bertz CT molecular complexity index is 448. The molecule has 19 heavy (non-hydrogen) atoms. The number of rotatable bonds is 6. The van der Waals surface area contributed by atoms with Gasteiger partial charge in [0.1, 0.15) is 5.75 Å². The number of carboxylic acid groups (broad SMARTS) is 1. The van der Waals surface area contributed by atoms with Crippen LogP contribution in [0.1, 0.15) is 17.3 Å². The number of ether oxygens (including phenoxy) is 1. The maximum atomic E-state index is 11.9. The number of carboxylic acids is 1. The van der Waals surface area contributed by atoms with E-state index in [1.165, 1.54) is 31.2 Å². The van der Waals surface area contributed by atoms with Crippen LogP contribution in [-0.4, -0.2) is 30.1 Å². The Hall–Kier alpha value is -2.18. The first-order valence-electron chi connectivity index (χ1n) is 5.46. The summed E-state index contributed by atoms with van der Waals surface area (Å²) in [4.78, 5) is 22.2. The average Bonchev–Trinajstić information content (AvgIpc) is 2.35. The van der Waals surface area contributed by atoms with E-state index < -0.39 is 24.4 Å². The molecule has 0 aromatic heterocycles. The highest BCUT2D eigenvalue weighted by molar-refractivity contribution is 5.94. The van der Waals surface area contributed by atoms with Crippen molar-refractivity contribution in [3.63, 3.8) is 0 Å². The largest absolute Gasteiger partial charge is 0.481 e. The zero-order valence-electron chi connectivity index (χ0n) is 10.1. The number of amides is 1. The van der Waals surface area contributed by atoms with Crippen LogP contribution >= 0.6 is 0 Å². The molecule has 0 saturated heterocycles. The fourth-order valence-electron chi connectivity index (χ4n) is 1.22. The molecule has 0 heterocycles. The van der Waals surface area contributed by atoms with Gasteiger partial charge >= 0.3 is 12.6 Å². The van der Waals surface area contributed by atoms with E-state index in [1.807, 2.05) is 0 Å². The molecule has 1 rings (SSSR count). The molecule has 1 atom stereocenters. The Morgan fingerprint density at radius 1 is 1.32 bits per heavy atom. The molecule has 0 radical (unpaired) electrons. The number of hydrogen-bond donors (Lipinski definition) is 2. The lowest BCUT2D eigenvalue weighted by atomic mass is 10.1. The number of carbonyl (C=O) groups excluding carboxylic acids is 1. The minimum Gasteiger partial charge on any atom is -0.481 e. The van der Waals surface area contributed by atoms with Crippen LogP contribution in [0.4, 0.5) is 8.78 Å². The van der Waals surface area contributed by atoms with Crippen molar-refractivity contribution in [1.29, 1.82) is 0 Å². The Morgan fingerprint density at radius 3 is 2.37 bits per heavy atom. The van der Waals surface area contributed by atoms with Crippen LogP contribution in [0.3, 0.4) is 0 Å². The van der Waals surface area contributed by atoms with E-state index in [4.69, 9.17) is 5.11 Å². The van der Waals surface area contributed by atoms with Crippen LogP contribution in [0.15, 0.2) is 24.3 Å². The molecule has 2 N–H and O–H groups in total. The Labute approximate surface area is 108 Å². The summed E-state index contributed by atoms with van der Waals surface area (Å²) in [6.07, 6.45) is 0. The van der Waals surface area contributed by atoms with Crippen LogP contribution in [-0.2, 0) is 4.79 Å². The lowest BCUT2D eigenvalue weighted by Crippen LogP contribution is -2.31. The first kappa shape index (κ1) is 14.9. The summed E-state index contributed by atoms with van der Waals surface area (Å²) in [6.45, 7) is -1.47. The van der Waals surface area contributed by atoms with Gasteiger partial charge in [0, 0.05) is 12.1 Å². The highest BCUT2D eigenvalue weighted by Gasteiger charge is 2.13. The number of alkyl halides is 2. The maximum Gasteiger partial charge on any atom is 0.387 e. The Balaban J connectivity index is 2.55. The molecule has 0 aliphatic carbocycles. The van der Waals surface area contributed by atoms with Crippen molar-refractivity contribution in [2.75, 3.05) is 6.54 Å². The average molecular weight is 273 g/mol. The first-order valence-corrected chi connectivity index (χ1v) is 5.46. The monoisotopic (exact) mass is 273 g/mol. The van der Waals surface area contributed by atoms with Gasteiger partial charge in [-0.1, -0.05) is 6.92 Å². The molecule has 5 nitrogen and oxygen atoms in total. The van der Waals surface area contributed by atoms with E-state index in [1.54, 1.807) is 0 Å². The van der Waals surface area contributed by atoms with Gasteiger partial charge in [-0.15, -0.1) is 0 Å². The minimum absolute atomic E-state index is 0.0105. The van der Waals surface area contributed by atoms with Gasteiger partial charge in [0.2, 0.25) is 0 Å². The van der Waals surface area contributed by atoms with E-state index in [2.05, 4.69) is 10.1 Å². The summed E-state index contributed by atoms with van der Waals surface area (Å²) in [5.41, 5.74) is 0.235. The highest BCUT2D eigenvalue weighted by Crippen LogP contribution is 2.14. The van der Waals surface area contributed by atoms with Crippen molar-refractivity contribution in [1.82, 2.24) is 5.32 Å². The first-order chi connectivity index (χ1) is 8.90. The Morgan fingerprint density at radius 2 is 1.89 bits per heavy atom. The maximum absolute atomic E-state index is 11.9. The third-order valence-electron chi connectivity index (χ3n) is 2.33. The summed E-state index contributed by atoms with van der Waals surface area (Å²) >= 11 is 0. The van der Waals surface area contributed by atoms with E-state index in [0.717, 1.165) is 0 Å². The number of carbonyl (C=O) groups is 2. The summed E-state index contributed by atoms with van der Waals surface area (Å²) < 4.78 is 28.0. The van der Waals surface area contributed by atoms with Crippen LogP contribution in [0, 0.1) is 5.92 Å². The number of hydrogen-bond acceptors (Lipinski definition) is 3. The van der Waals surface area contributed by atoms with Crippen molar-refractivity contribution >= 4 is 11.9 Å². The van der Waals surface area contributed by atoms with Crippen LogP contribution in [0.25, 0.3) is 0 Å². The number of benzene rings is 1. The molecule has 0 fully saturated rings. The number of nitrogens with one attached hydrogen (secondary N) is 1. The molecule has 1 aromatic carbocycles. The second-order valence-electron chi connectivity index (χ2n) is 3.85. The molecule has 0 saturated carbocycles. The van der Waals surface area contributed by atoms with Crippen molar-refractivity contribution in [3.05, 3.63) is 29.8 Å². The van der Waals surface area contributed by atoms with E-state index >= 15 is 0 Å². The van der Waals surface area contributed by atoms with Gasteiger partial charge in [-0.05, 0) is 24.3 Å². The van der Waals surface area contributed by atoms with Crippen LogP contribution < -0.4 is 10.1 Å². The lowest BCUT2D eigenvalue weighted by molar-refractivity contribution is -0.140. The molecule has 1 amide bonds. The third-order valence-corrected chi connectivity index (χ3v) is 2.33. The fourth-order valence-corrected chi connectivity index (χ4v) is 1.22. The molecule has 0 bridgehead atoms. The van der Waals surface area contributed by atoms with Gasteiger partial charge in [0.25, 0.3) is 5.91 Å². The van der Waals surface area contributed by atoms with Crippen LogP contribution in [0.5, 0.6) is 5.75 Å². The highest BCUT2D eigenvalue weighted by atomic mass is 19.3. The van der Waals surface area contributed by atoms with Crippen molar-refractivity contribution in [3.8, 4) is 5.75 Å². The molecule has 0 aliphatic rings. The second kappa shape index (κ2) is 6.67. The summed E-state index contributed by atoms with van der Waals surface area (Å²) in [5, 5.41) is 11.1. The Kier molecular flexibility index (Phi) is 5.23. The molecule has 1 aromatic rings. The standard InChI is InChI=1S/C12H13F2NO4/c1-7(11(17)18)6-15-10(16)8-2-4-9(5-3-8)19-12(13)14/h2-5,7,12H,6H2,1H3,(H,15,16)(H,17,18). The van der Waals surface area contributed by atoms with E-state index in [0.29, 0.717) is 0 Å². The van der Waals surface area contributed by atoms with E-state index in [9.17, 15) is 18.4 Å². The third kappa shape index (κ3) is 4.90. The molecule has 0 aliphatic heterocycles.